The zero-order valence-electron chi connectivity index (χ0n) is 13.3. The summed E-state index contributed by atoms with van der Waals surface area (Å²) in [7, 11) is 0. The fourth-order valence-electron chi connectivity index (χ4n) is 2.15. The lowest BCUT2D eigenvalue weighted by molar-refractivity contribution is 0.0919. The van der Waals surface area contributed by atoms with Gasteiger partial charge in [0.1, 0.15) is 0 Å². The summed E-state index contributed by atoms with van der Waals surface area (Å²) in [5.74, 6) is -0.136. The van der Waals surface area contributed by atoms with E-state index >= 15 is 0 Å². The highest BCUT2D eigenvalue weighted by atomic mass is 16.1. The summed E-state index contributed by atoms with van der Waals surface area (Å²) in [6, 6.07) is 0. The molecule has 0 fully saturated rings. The number of carbonyl (C=O) groups excluding carboxylic acids is 2. The van der Waals surface area contributed by atoms with E-state index < -0.39 is 0 Å². The van der Waals surface area contributed by atoms with Crippen LogP contribution in [0.25, 0.3) is 0 Å². The Bertz CT molecular complexity index is 519. The minimum Gasteiger partial charge on any atom is -0.294 e. The van der Waals surface area contributed by atoms with Crippen LogP contribution >= 0.6 is 0 Å². The van der Waals surface area contributed by atoms with E-state index in [0.29, 0.717) is 35.4 Å². The van der Waals surface area contributed by atoms with Crippen LogP contribution in [0.5, 0.6) is 0 Å². The molecule has 0 aliphatic carbocycles. The van der Waals surface area contributed by atoms with Crippen molar-refractivity contribution >= 4 is 11.6 Å². The van der Waals surface area contributed by atoms with E-state index in [1.807, 2.05) is 41.5 Å². The molecule has 0 aromatic carbocycles. The topological polar surface area (TPSA) is 59.9 Å². The highest BCUT2D eigenvalue weighted by Gasteiger charge is 2.27. The molecule has 0 saturated carbocycles. The van der Waals surface area contributed by atoms with Gasteiger partial charge in [0.15, 0.2) is 11.6 Å². The van der Waals surface area contributed by atoms with Gasteiger partial charge in [-0.3, -0.25) is 9.59 Å². The first-order valence-corrected chi connectivity index (χ1v) is 7.31. The van der Waals surface area contributed by atoms with Crippen molar-refractivity contribution in [2.24, 2.45) is 5.92 Å². The van der Waals surface area contributed by atoms with Crippen LogP contribution in [-0.2, 0) is 6.42 Å². The Balaban J connectivity index is 3.69. The maximum Gasteiger partial charge on any atom is 0.168 e. The van der Waals surface area contributed by atoms with E-state index in [0.717, 1.165) is 0 Å². The van der Waals surface area contributed by atoms with Gasteiger partial charge in [0.25, 0.3) is 0 Å². The summed E-state index contributed by atoms with van der Waals surface area (Å²) < 4.78 is 0. The van der Waals surface area contributed by atoms with Crippen molar-refractivity contribution in [1.82, 2.24) is 10.2 Å². The molecule has 0 aliphatic heterocycles. The first-order valence-electron chi connectivity index (χ1n) is 7.31. The maximum atomic E-state index is 12.5. The molecule has 0 amide bonds. The molecule has 1 aromatic rings. The molecular formula is C16H24N2O2. The van der Waals surface area contributed by atoms with Gasteiger partial charge in [0.2, 0.25) is 0 Å². The fraction of sp³-hybridized carbons (Fsp3) is 0.625. The molecule has 110 valence electrons. The van der Waals surface area contributed by atoms with Gasteiger partial charge in [-0.1, -0.05) is 41.5 Å². The van der Waals surface area contributed by atoms with Crippen molar-refractivity contribution in [3.8, 4) is 0 Å². The summed E-state index contributed by atoms with van der Waals surface area (Å²) in [5.41, 5.74) is 2.25. The molecule has 0 unspecified atom stereocenters. The molecule has 0 spiro atoms. The molecule has 20 heavy (non-hydrogen) atoms. The Morgan fingerprint density at radius 3 is 2.00 bits per heavy atom. The van der Waals surface area contributed by atoms with Crippen molar-refractivity contribution in [2.45, 2.75) is 60.3 Å². The monoisotopic (exact) mass is 276 g/mol. The van der Waals surface area contributed by atoms with Gasteiger partial charge in [-0.25, -0.2) is 0 Å². The highest BCUT2D eigenvalue weighted by molar-refractivity contribution is 6.10. The lowest BCUT2D eigenvalue weighted by Gasteiger charge is -2.17. The van der Waals surface area contributed by atoms with Crippen molar-refractivity contribution in [2.75, 3.05) is 0 Å². The first-order chi connectivity index (χ1) is 9.34. The van der Waals surface area contributed by atoms with Gasteiger partial charge in [-0.05, 0) is 12.3 Å². The second-order valence-corrected chi connectivity index (χ2v) is 5.59. The smallest absolute Gasteiger partial charge is 0.168 e. The van der Waals surface area contributed by atoms with Crippen molar-refractivity contribution in [3.63, 3.8) is 0 Å². The standard InChI is InChI=1S/C16H24N2O2/c1-7-11-13(16(20)10(5)6)14(12(19)8-2)15(9(3)4)18-17-11/h9-10H,7-8H2,1-6H3. The van der Waals surface area contributed by atoms with Crippen molar-refractivity contribution < 1.29 is 9.59 Å². The fourth-order valence-corrected chi connectivity index (χ4v) is 2.15. The summed E-state index contributed by atoms with van der Waals surface area (Å²) in [6.45, 7) is 11.4. The van der Waals surface area contributed by atoms with E-state index in [2.05, 4.69) is 10.2 Å². The summed E-state index contributed by atoms with van der Waals surface area (Å²) in [4.78, 5) is 24.9. The van der Waals surface area contributed by atoms with Crippen LogP contribution in [0.15, 0.2) is 0 Å². The average Bonchev–Trinajstić information content (AvgIpc) is 2.43. The van der Waals surface area contributed by atoms with Gasteiger partial charge in [0, 0.05) is 12.3 Å². The SMILES string of the molecule is CCC(=O)c1c(C(C)C)nnc(CC)c1C(=O)C(C)C. The number of ketones is 2. The molecule has 4 nitrogen and oxygen atoms in total. The lowest BCUT2D eigenvalue weighted by Crippen LogP contribution is -2.21. The van der Waals surface area contributed by atoms with Gasteiger partial charge in [-0.15, -0.1) is 0 Å². The molecule has 0 bridgehead atoms. The molecule has 0 saturated heterocycles. The van der Waals surface area contributed by atoms with Gasteiger partial charge < -0.3 is 0 Å². The number of nitrogens with zero attached hydrogens (tertiary/aromatic N) is 2. The van der Waals surface area contributed by atoms with E-state index in [-0.39, 0.29) is 23.4 Å². The van der Waals surface area contributed by atoms with Gasteiger partial charge in [-0.2, -0.15) is 10.2 Å². The Kier molecular flexibility index (Phi) is 5.54. The third-order valence-corrected chi connectivity index (χ3v) is 3.33. The molecule has 0 atom stereocenters. The van der Waals surface area contributed by atoms with Crippen molar-refractivity contribution in [3.05, 3.63) is 22.5 Å². The van der Waals surface area contributed by atoms with Crippen LogP contribution < -0.4 is 0 Å². The number of hydrogen-bond acceptors (Lipinski definition) is 4. The highest BCUT2D eigenvalue weighted by Crippen LogP contribution is 2.26. The molecule has 1 aromatic heterocycles. The van der Waals surface area contributed by atoms with Crippen LogP contribution in [-0.4, -0.2) is 21.8 Å². The maximum absolute atomic E-state index is 12.5. The normalized spacial score (nSPS) is 11.2. The Morgan fingerprint density at radius 2 is 1.60 bits per heavy atom. The number of aromatic nitrogens is 2. The van der Waals surface area contributed by atoms with Gasteiger partial charge >= 0.3 is 0 Å². The van der Waals surface area contributed by atoms with Crippen LogP contribution in [0, 0.1) is 5.92 Å². The van der Waals surface area contributed by atoms with E-state index in [9.17, 15) is 9.59 Å². The number of hydrogen-bond donors (Lipinski definition) is 0. The predicted octanol–water partition coefficient (Wildman–Crippen LogP) is 3.59. The summed E-state index contributed by atoms with van der Waals surface area (Å²) in [6.07, 6.45) is 0.968. The van der Waals surface area contributed by atoms with Crippen LogP contribution in [0.3, 0.4) is 0 Å². The minimum atomic E-state index is -0.159. The largest absolute Gasteiger partial charge is 0.294 e. The second-order valence-electron chi connectivity index (χ2n) is 5.59. The average molecular weight is 276 g/mol. The Labute approximate surface area is 121 Å². The molecule has 1 heterocycles. The third kappa shape index (κ3) is 3.11. The molecule has 0 aliphatic rings. The van der Waals surface area contributed by atoms with Crippen LogP contribution in [0.4, 0.5) is 0 Å². The second kappa shape index (κ2) is 6.73. The number of Topliss-reactive ketones (excluding diaryl/α,β-unsaturated/α-hetero) is 2. The zero-order chi connectivity index (χ0) is 15.4. The third-order valence-electron chi connectivity index (χ3n) is 3.33. The molecule has 0 N–H and O–H groups in total. The predicted molar refractivity (Wildman–Crippen MR) is 79.3 cm³/mol. The lowest BCUT2D eigenvalue weighted by atomic mass is 9.88. The van der Waals surface area contributed by atoms with Crippen molar-refractivity contribution in [1.29, 1.82) is 0 Å². The number of aryl methyl sites for hydroxylation is 1. The minimum absolute atomic E-state index is 0.0181. The molecular weight excluding hydrogens is 252 g/mol. The molecule has 4 heteroatoms. The summed E-state index contributed by atoms with van der Waals surface area (Å²) in [5, 5.41) is 8.37. The van der Waals surface area contributed by atoms with E-state index in [1.54, 1.807) is 0 Å². The van der Waals surface area contributed by atoms with Gasteiger partial charge in [0.05, 0.1) is 22.5 Å². The van der Waals surface area contributed by atoms with E-state index in [1.165, 1.54) is 0 Å². The van der Waals surface area contributed by atoms with Crippen LogP contribution in [0.2, 0.25) is 0 Å². The van der Waals surface area contributed by atoms with E-state index in [4.69, 9.17) is 0 Å². The first kappa shape index (κ1) is 16.5. The zero-order valence-corrected chi connectivity index (χ0v) is 13.3. The molecule has 1 rings (SSSR count). The Morgan fingerprint density at radius 1 is 1.00 bits per heavy atom. The van der Waals surface area contributed by atoms with Crippen LogP contribution in [0.1, 0.15) is 86.0 Å². The quantitative estimate of drug-likeness (QED) is 0.745. The molecule has 0 radical (unpaired) electrons. The number of rotatable bonds is 6. The Hall–Kier alpha value is -1.58. The summed E-state index contributed by atoms with van der Waals surface area (Å²) >= 11 is 0. The number of carbonyl (C=O) groups is 2.